The van der Waals surface area contributed by atoms with Crippen LogP contribution in [0.3, 0.4) is 0 Å². The third-order valence-corrected chi connectivity index (χ3v) is 3.70. The Morgan fingerprint density at radius 1 is 1.50 bits per heavy atom. The molecule has 4 heteroatoms. The number of aromatic nitrogens is 1. The third-order valence-electron chi connectivity index (χ3n) is 3.50. The smallest absolute Gasteiger partial charge is 0.129 e. The van der Waals surface area contributed by atoms with Gasteiger partial charge >= 0.3 is 0 Å². The zero-order chi connectivity index (χ0) is 13.1. The molecule has 1 aromatic heterocycles. The first-order valence-corrected chi connectivity index (χ1v) is 6.94. The van der Waals surface area contributed by atoms with Crippen LogP contribution in [-0.4, -0.2) is 23.7 Å². The Kier molecular flexibility index (Phi) is 4.46. The molecule has 1 fully saturated rings. The van der Waals surface area contributed by atoms with Crippen LogP contribution in [-0.2, 0) is 4.74 Å². The average molecular weight is 269 g/mol. The van der Waals surface area contributed by atoms with Crippen LogP contribution in [0.15, 0.2) is 12.3 Å². The van der Waals surface area contributed by atoms with Gasteiger partial charge in [0.15, 0.2) is 0 Å². The first-order chi connectivity index (χ1) is 8.56. The molecule has 0 amide bonds. The minimum Gasteiger partial charge on any atom is -0.381 e. The number of pyridine rings is 1. The van der Waals surface area contributed by atoms with Gasteiger partial charge in [0.1, 0.15) is 5.15 Å². The van der Waals surface area contributed by atoms with Crippen LogP contribution in [0.25, 0.3) is 0 Å². The molecule has 1 aliphatic rings. The quantitative estimate of drug-likeness (QED) is 0.850. The van der Waals surface area contributed by atoms with Gasteiger partial charge in [0, 0.05) is 12.6 Å². The summed E-state index contributed by atoms with van der Waals surface area (Å²) >= 11 is 5.87. The Morgan fingerprint density at radius 2 is 2.28 bits per heavy atom. The summed E-state index contributed by atoms with van der Waals surface area (Å²) in [5, 5.41) is 4.11. The van der Waals surface area contributed by atoms with Crippen molar-refractivity contribution in [3.8, 4) is 0 Å². The first kappa shape index (κ1) is 13.6. The van der Waals surface area contributed by atoms with Crippen molar-refractivity contribution in [2.45, 2.75) is 45.8 Å². The summed E-state index contributed by atoms with van der Waals surface area (Å²) in [6.45, 7) is 7.31. The number of hydrogen-bond donors (Lipinski definition) is 1. The van der Waals surface area contributed by atoms with E-state index in [4.69, 9.17) is 16.3 Å². The topological polar surface area (TPSA) is 34.2 Å². The summed E-state index contributed by atoms with van der Waals surface area (Å²) in [6, 6.07) is 2.36. The molecule has 1 saturated heterocycles. The van der Waals surface area contributed by atoms with Crippen LogP contribution >= 0.6 is 11.6 Å². The number of nitrogens with one attached hydrogen (secondary N) is 1. The lowest BCUT2D eigenvalue weighted by atomic mass is 9.95. The lowest BCUT2D eigenvalue weighted by Gasteiger charge is -2.33. The third kappa shape index (κ3) is 3.36. The number of nitrogens with zero attached hydrogens (tertiary/aromatic N) is 1. The van der Waals surface area contributed by atoms with Gasteiger partial charge in [0.25, 0.3) is 0 Å². The van der Waals surface area contributed by atoms with Crippen molar-refractivity contribution in [3.05, 3.63) is 23.0 Å². The van der Waals surface area contributed by atoms with E-state index in [1.54, 1.807) is 0 Å². The normalized spacial score (nSPS) is 24.3. The van der Waals surface area contributed by atoms with Gasteiger partial charge in [0.2, 0.25) is 0 Å². The van der Waals surface area contributed by atoms with Crippen molar-refractivity contribution in [1.29, 1.82) is 0 Å². The number of rotatable bonds is 3. The molecule has 2 unspecified atom stereocenters. The van der Waals surface area contributed by atoms with E-state index in [1.165, 1.54) is 0 Å². The van der Waals surface area contributed by atoms with E-state index in [0.29, 0.717) is 23.2 Å². The minimum atomic E-state index is 0.358. The number of hydrogen-bond acceptors (Lipinski definition) is 3. The van der Waals surface area contributed by atoms with Crippen LogP contribution in [0.2, 0.25) is 5.15 Å². The first-order valence-electron chi connectivity index (χ1n) is 6.56. The molecule has 0 aromatic carbocycles. The number of ether oxygens (including phenoxy) is 1. The second-order valence-corrected chi connectivity index (χ2v) is 5.73. The highest BCUT2D eigenvalue weighted by molar-refractivity contribution is 6.29. The van der Waals surface area contributed by atoms with Gasteiger partial charge in [-0.25, -0.2) is 4.98 Å². The molecule has 1 aliphatic heterocycles. The lowest BCUT2D eigenvalue weighted by Crippen LogP contribution is -2.36. The summed E-state index contributed by atoms with van der Waals surface area (Å²) in [5.74, 6) is 0.569. The van der Waals surface area contributed by atoms with Crippen LogP contribution in [0.5, 0.6) is 0 Å². The molecular weight excluding hydrogens is 248 g/mol. The Bertz CT molecular complexity index is 409. The van der Waals surface area contributed by atoms with Crippen molar-refractivity contribution in [3.63, 3.8) is 0 Å². The van der Waals surface area contributed by atoms with Gasteiger partial charge in [0.05, 0.1) is 18.0 Å². The van der Waals surface area contributed by atoms with Gasteiger partial charge in [-0.15, -0.1) is 0 Å². The Morgan fingerprint density at radius 3 is 2.94 bits per heavy atom. The second kappa shape index (κ2) is 5.89. The van der Waals surface area contributed by atoms with E-state index in [2.05, 4.69) is 31.1 Å². The van der Waals surface area contributed by atoms with E-state index >= 15 is 0 Å². The molecule has 3 nitrogen and oxygen atoms in total. The highest BCUT2D eigenvalue weighted by Crippen LogP contribution is 2.25. The van der Waals surface area contributed by atoms with Crippen molar-refractivity contribution < 1.29 is 4.74 Å². The molecule has 1 N–H and O–H groups in total. The van der Waals surface area contributed by atoms with E-state index in [9.17, 15) is 0 Å². The summed E-state index contributed by atoms with van der Waals surface area (Å²) in [7, 11) is 0. The van der Waals surface area contributed by atoms with Gasteiger partial charge in [-0.3, -0.25) is 0 Å². The maximum absolute atomic E-state index is 5.87. The van der Waals surface area contributed by atoms with Gasteiger partial charge < -0.3 is 10.1 Å². The Labute approximate surface area is 114 Å². The van der Waals surface area contributed by atoms with Crippen molar-refractivity contribution in [2.24, 2.45) is 5.92 Å². The van der Waals surface area contributed by atoms with Crippen molar-refractivity contribution in [2.75, 3.05) is 11.9 Å². The minimum absolute atomic E-state index is 0.358. The molecule has 0 aliphatic carbocycles. The molecule has 2 rings (SSSR count). The number of halogens is 1. The van der Waals surface area contributed by atoms with Crippen LogP contribution < -0.4 is 5.32 Å². The van der Waals surface area contributed by atoms with Crippen LogP contribution in [0.1, 0.15) is 32.3 Å². The zero-order valence-electron chi connectivity index (χ0n) is 11.2. The molecule has 2 heterocycles. The predicted molar refractivity (Wildman–Crippen MR) is 75.2 cm³/mol. The van der Waals surface area contributed by atoms with Crippen molar-refractivity contribution >= 4 is 17.3 Å². The highest BCUT2D eigenvalue weighted by atomic mass is 35.5. The fourth-order valence-electron chi connectivity index (χ4n) is 2.32. The SMILES string of the molecule is Cc1cc(Cl)ncc1NC1CCOC(C(C)C)C1. The van der Waals surface area contributed by atoms with Crippen LogP contribution in [0.4, 0.5) is 5.69 Å². The Balaban J connectivity index is 2.00. The van der Waals surface area contributed by atoms with Gasteiger partial charge in [-0.1, -0.05) is 25.4 Å². The van der Waals surface area contributed by atoms with Crippen LogP contribution in [0, 0.1) is 12.8 Å². The molecule has 100 valence electrons. The zero-order valence-corrected chi connectivity index (χ0v) is 12.0. The van der Waals surface area contributed by atoms with E-state index in [0.717, 1.165) is 30.7 Å². The van der Waals surface area contributed by atoms with E-state index in [-0.39, 0.29) is 0 Å². The summed E-state index contributed by atoms with van der Waals surface area (Å²) < 4.78 is 5.78. The standard InChI is InChI=1S/C14H21ClN2O/c1-9(2)13-7-11(4-5-18-13)17-12-8-16-14(15)6-10(12)3/h6,8-9,11,13,17H,4-5,7H2,1-3H3. The molecule has 0 bridgehead atoms. The summed E-state index contributed by atoms with van der Waals surface area (Å²) in [4.78, 5) is 4.13. The molecule has 0 saturated carbocycles. The highest BCUT2D eigenvalue weighted by Gasteiger charge is 2.25. The number of aryl methyl sites for hydroxylation is 1. The average Bonchev–Trinajstić information content (AvgIpc) is 2.33. The van der Waals surface area contributed by atoms with Crippen molar-refractivity contribution in [1.82, 2.24) is 4.98 Å². The molecule has 18 heavy (non-hydrogen) atoms. The summed E-state index contributed by atoms with van der Waals surface area (Å²) in [6.07, 6.45) is 4.28. The maximum atomic E-state index is 5.87. The Hall–Kier alpha value is -0.800. The molecule has 0 radical (unpaired) electrons. The monoisotopic (exact) mass is 268 g/mol. The molecule has 1 aromatic rings. The number of anilines is 1. The van der Waals surface area contributed by atoms with Gasteiger partial charge in [-0.2, -0.15) is 0 Å². The second-order valence-electron chi connectivity index (χ2n) is 5.34. The molecule has 2 atom stereocenters. The summed E-state index contributed by atoms with van der Waals surface area (Å²) in [5.41, 5.74) is 2.22. The molecular formula is C14H21ClN2O. The van der Waals surface area contributed by atoms with E-state index < -0.39 is 0 Å². The van der Waals surface area contributed by atoms with E-state index in [1.807, 2.05) is 12.3 Å². The largest absolute Gasteiger partial charge is 0.381 e. The maximum Gasteiger partial charge on any atom is 0.129 e. The lowest BCUT2D eigenvalue weighted by molar-refractivity contribution is -0.0160. The fraction of sp³-hybridized carbons (Fsp3) is 0.643. The molecule has 0 spiro atoms. The fourth-order valence-corrected chi connectivity index (χ4v) is 2.53. The predicted octanol–water partition coefficient (Wildman–Crippen LogP) is 3.66. The van der Waals surface area contributed by atoms with Gasteiger partial charge in [-0.05, 0) is 37.3 Å².